The molecule has 1 aromatic carbocycles. The highest BCUT2D eigenvalue weighted by Crippen LogP contribution is 2.14. The van der Waals surface area contributed by atoms with Crippen LogP contribution in [0.2, 0.25) is 5.02 Å². The molecule has 2 rings (SSSR count). The van der Waals surface area contributed by atoms with Gasteiger partial charge in [0, 0.05) is 5.02 Å². The highest BCUT2D eigenvalue weighted by molar-refractivity contribution is 6.63. The maximum atomic E-state index is 5.82. The van der Waals surface area contributed by atoms with E-state index in [0.717, 1.165) is 11.4 Å². The van der Waals surface area contributed by atoms with Crippen molar-refractivity contribution in [3.8, 4) is 0 Å². The predicted octanol–water partition coefficient (Wildman–Crippen LogP) is 2.45. The smallest absolute Gasteiger partial charge is 0.145 e. The largest absolute Gasteiger partial charge is 0.278 e. The molecule has 0 fully saturated rings. The Labute approximate surface area is 92.4 Å². The molecule has 75 valence electrons. The van der Waals surface area contributed by atoms with Crippen molar-refractivity contribution in [3.63, 3.8) is 0 Å². The first kappa shape index (κ1) is 9.86. The number of hydrogen-bond donors (Lipinski definition) is 1. The summed E-state index contributed by atoms with van der Waals surface area (Å²) in [6, 6.07) is 7.30. The average Bonchev–Trinajstić information content (AvgIpc) is 2.61. The fourth-order valence-electron chi connectivity index (χ4n) is 1.06. The number of nitrogens with zero attached hydrogens (tertiary/aromatic N) is 3. The van der Waals surface area contributed by atoms with Gasteiger partial charge in [-0.05, 0) is 25.1 Å². The number of halogens is 1. The summed E-state index contributed by atoms with van der Waals surface area (Å²) in [6.45, 7) is 1.82. The van der Waals surface area contributed by atoms with Crippen LogP contribution in [0.25, 0.3) is 0 Å². The molecule has 1 aromatic rings. The van der Waals surface area contributed by atoms with Crippen molar-refractivity contribution < 1.29 is 0 Å². The Balaban J connectivity index is 2.11. The number of rotatable bonds is 2. The van der Waals surface area contributed by atoms with Crippen LogP contribution < -0.4 is 5.43 Å². The molecule has 0 unspecified atom stereocenters. The van der Waals surface area contributed by atoms with E-state index in [4.69, 9.17) is 11.6 Å². The van der Waals surface area contributed by atoms with Gasteiger partial charge in [0.05, 0.1) is 11.4 Å². The molecule has 0 atom stereocenters. The van der Waals surface area contributed by atoms with Crippen LogP contribution in [0, 0.1) is 0 Å². The fourth-order valence-corrected chi connectivity index (χ4v) is 1.25. The van der Waals surface area contributed by atoms with Crippen LogP contribution in [0.4, 0.5) is 5.69 Å². The van der Waals surface area contributed by atoms with Gasteiger partial charge >= 0.3 is 0 Å². The third kappa shape index (κ3) is 2.41. The van der Waals surface area contributed by atoms with Crippen molar-refractivity contribution in [2.45, 2.75) is 6.92 Å². The van der Waals surface area contributed by atoms with Crippen LogP contribution >= 0.6 is 11.6 Å². The molecule has 0 aromatic heterocycles. The van der Waals surface area contributed by atoms with E-state index in [-0.39, 0.29) is 0 Å². The molecule has 0 amide bonds. The zero-order valence-corrected chi connectivity index (χ0v) is 8.78. The molecule has 0 saturated heterocycles. The molecule has 1 aliphatic heterocycles. The second kappa shape index (κ2) is 4.23. The third-order valence-electron chi connectivity index (χ3n) is 1.82. The number of hydrazone groups is 1. The highest BCUT2D eigenvalue weighted by atomic mass is 35.5. The van der Waals surface area contributed by atoms with Gasteiger partial charge in [-0.25, -0.2) is 0 Å². The van der Waals surface area contributed by atoms with E-state index in [1.54, 1.807) is 12.1 Å². The zero-order valence-electron chi connectivity index (χ0n) is 8.03. The first-order valence-electron chi connectivity index (χ1n) is 4.35. The van der Waals surface area contributed by atoms with Crippen molar-refractivity contribution in [3.05, 3.63) is 29.3 Å². The van der Waals surface area contributed by atoms with Gasteiger partial charge in [0.2, 0.25) is 0 Å². The molecule has 0 aliphatic carbocycles. The summed E-state index contributed by atoms with van der Waals surface area (Å²) >= 11 is 5.82. The van der Waals surface area contributed by atoms with Crippen molar-refractivity contribution >= 4 is 34.9 Å². The minimum Gasteiger partial charge on any atom is -0.278 e. The minimum atomic E-state index is 0.606. The van der Waals surface area contributed by atoms with Gasteiger partial charge in [0.15, 0.2) is 0 Å². The summed E-state index contributed by atoms with van der Waals surface area (Å²) in [5.41, 5.74) is 5.02. The molecule has 1 aliphatic rings. The molecule has 0 saturated carbocycles. The van der Waals surface area contributed by atoms with Gasteiger partial charge in [0.25, 0.3) is 0 Å². The molecule has 1 heterocycles. The van der Waals surface area contributed by atoms with Crippen LogP contribution in [0.15, 0.2) is 39.6 Å². The summed E-state index contributed by atoms with van der Waals surface area (Å²) < 4.78 is 0. The van der Waals surface area contributed by atoms with Gasteiger partial charge in [0.1, 0.15) is 11.9 Å². The Hall–Kier alpha value is -1.68. The van der Waals surface area contributed by atoms with E-state index < -0.39 is 0 Å². The third-order valence-corrected chi connectivity index (χ3v) is 2.06. The van der Waals surface area contributed by atoms with Crippen molar-refractivity contribution in [2.75, 3.05) is 5.43 Å². The van der Waals surface area contributed by atoms with Crippen LogP contribution in [-0.2, 0) is 0 Å². The molecule has 15 heavy (non-hydrogen) atoms. The van der Waals surface area contributed by atoms with Gasteiger partial charge in [-0.3, -0.25) is 5.43 Å². The van der Waals surface area contributed by atoms with Gasteiger partial charge in [-0.1, -0.05) is 17.7 Å². The first-order chi connectivity index (χ1) is 7.25. The quantitative estimate of drug-likeness (QED) is 0.764. The molecule has 0 spiro atoms. The zero-order chi connectivity index (χ0) is 10.7. The summed E-state index contributed by atoms with van der Waals surface area (Å²) in [6.07, 6.45) is 2.67. The Bertz CT molecular complexity index is 462. The van der Waals surface area contributed by atoms with Gasteiger partial charge in [-0.2, -0.15) is 10.2 Å². The molecule has 4 nitrogen and oxygen atoms in total. The summed E-state index contributed by atoms with van der Waals surface area (Å²) in [7, 11) is 0. The second-order valence-corrected chi connectivity index (χ2v) is 3.42. The standard InChI is InChI=1S/C10H8ClN4/c1-7-10(6-12-13-7)15-14-9-4-2-3-8(11)5-9/h2-5,14H,1H3. The summed E-state index contributed by atoms with van der Waals surface area (Å²) in [5.74, 6) is 0. The number of benzene rings is 1. The molecule has 1 N–H and O–H groups in total. The van der Waals surface area contributed by atoms with Crippen LogP contribution in [0.3, 0.4) is 0 Å². The van der Waals surface area contributed by atoms with Crippen molar-refractivity contribution in [2.24, 2.45) is 15.3 Å². The van der Waals surface area contributed by atoms with Gasteiger partial charge < -0.3 is 0 Å². The van der Waals surface area contributed by atoms with E-state index in [1.807, 2.05) is 19.1 Å². The average molecular weight is 220 g/mol. The minimum absolute atomic E-state index is 0.606. The molecular formula is C10H8ClN4. The summed E-state index contributed by atoms with van der Waals surface area (Å²) in [4.78, 5) is 0. The number of hydrogen-bond acceptors (Lipinski definition) is 4. The summed E-state index contributed by atoms with van der Waals surface area (Å²) in [5, 5.41) is 12.1. The molecule has 5 heteroatoms. The predicted molar refractivity (Wildman–Crippen MR) is 63.1 cm³/mol. The number of anilines is 1. The van der Waals surface area contributed by atoms with E-state index in [2.05, 4.69) is 26.9 Å². The Kier molecular flexibility index (Phi) is 2.78. The van der Waals surface area contributed by atoms with Gasteiger partial charge in [-0.15, -0.1) is 5.10 Å². The normalized spacial score (nSPS) is 16.9. The highest BCUT2D eigenvalue weighted by Gasteiger charge is 2.06. The SMILES string of the molecule is CC1=NN=[C]C1=NNc1cccc(Cl)c1. The Morgan fingerprint density at radius 3 is 3.00 bits per heavy atom. The maximum absolute atomic E-state index is 5.82. The van der Waals surface area contributed by atoms with Crippen molar-refractivity contribution in [1.82, 2.24) is 0 Å². The molecule has 0 bridgehead atoms. The van der Waals surface area contributed by atoms with Crippen LogP contribution in [0.5, 0.6) is 0 Å². The topological polar surface area (TPSA) is 49.1 Å². The van der Waals surface area contributed by atoms with Crippen molar-refractivity contribution in [1.29, 1.82) is 0 Å². The Morgan fingerprint density at radius 1 is 1.47 bits per heavy atom. The lowest BCUT2D eigenvalue weighted by atomic mass is 10.3. The number of nitrogens with one attached hydrogen (secondary N) is 1. The first-order valence-corrected chi connectivity index (χ1v) is 4.73. The monoisotopic (exact) mass is 219 g/mol. The lowest BCUT2D eigenvalue weighted by Gasteiger charge is -2.00. The fraction of sp³-hybridized carbons (Fsp3) is 0.100. The van der Waals surface area contributed by atoms with Crippen LogP contribution in [-0.4, -0.2) is 17.6 Å². The lowest BCUT2D eigenvalue weighted by Crippen LogP contribution is -2.09. The lowest BCUT2D eigenvalue weighted by molar-refractivity contribution is 1.27. The molecule has 1 radical (unpaired) electrons. The van der Waals surface area contributed by atoms with E-state index in [0.29, 0.717) is 10.7 Å². The second-order valence-electron chi connectivity index (χ2n) is 2.98. The molecular weight excluding hydrogens is 212 g/mol. The Morgan fingerprint density at radius 2 is 2.33 bits per heavy atom. The maximum Gasteiger partial charge on any atom is 0.145 e. The van der Waals surface area contributed by atoms with E-state index >= 15 is 0 Å². The van der Waals surface area contributed by atoms with E-state index in [1.165, 1.54) is 0 Å². The van der Waals surface area contributed by atoms with E-state index in [9.17, 15) is 0 Å². The van der Waals surface area contributed by atoms with Crippen LogP contribution in [0.1, 0.15) is 6.92 Å².